The van der Waals surface area contributed by atoms with Crippen molar-refractivity contribution in [3.05, 3.63) is 17.6 Å². The van der Waals surface area contributed by atoms with Crippen molar-refractivity contribution in [3.63, 3.8) is 0 Å². The molecule has 0 aliphatic carbocycles. The summed E-state index contributed by atoms with van der Waals surface area (Å²) in [4.78, 5) is 11.5. The standard InChI is InChI=1S/C10H16N2O4S/c1-4-6(2)12-10(13)8-5-9(7(3)16-8)17(11,14)15/h5-6H,4H2,1-3H3,(H,12,13)(H2,11,14,15). The second kappa shape index (κ2) is 4.89. The molecule has 0 spiro atoms. The summed E-state index contributed by atoms with van der Waals surface area (Å²) in [6.07, 6.45) is 0.771. The highest BCUT2D eigenvalue weighted by molar-refractivity contribution is 7.89. The molecule has 6 nitrogen and oxygen atoms in total. The molecule has 17 heavy (non-hydrogen) atoms. The maximum atomic E-state index is 11.7. The molecule has 96 valence electrons. The second-order valence-corrected chi connectivity index (χ2v) is 5.39. The Hall–Kier alpha value is -1.34. The van der Waals surface area contributed by atoms with Gasteiger partial charge >= 0.3 is 0 Å². The van der Waals surface area contributed by atoms with Gasteiger partial charge in [0.15, 0.2) is 5.76 Å². The minimum atomic E-state index is -3.85. The smallest absolute Gasteiger partial charge is 0.287 e. The zero-order chi connectivity index (χ0) is 13.2. The lowest BCUT2D eigenvalue weighted by atomic mass is 10.2. The molecule has 0 radical (unpaired) electrons. The van der Waals surface area contributed by atoms with E-state index in [9.17, 15) is 13.2 Å². The van der Waals surface area contributed by atoms with Gasteiger partial charge in [0, 0.05) is 12.1 Å². The monoisotopic (exact) mass is 260 g/mol. The zero-order valence-corrected chi connectivity index (χ0v) is 10.8. The van der Waals surface area contributed by atoms with E-state index in [-0.39, 0.29) is 22.5 Å². The Morgan fingerprint density at radius 3 is 2.59 bits per heavy atom. The molecule has 1 heterocycles. The first-order valence-electron chi connectivity index (χ1n) is 5.19. The number of carbonyl (C=O) groups excluding carboxylic acids is 1. The van der Waals surface area contributed by atoms with Crippen molar-refractivity contribution in [2.75, 3.05) is 0 Å². The van der Waals surface area contributed by atoms with Crippen molar-refractivity contribution in [1.29, 1.82) is 0 Å². The van der Waals surface area contributed by atoms with Gasteiger partial charge < -0.3 is 9.73 Å². The third kappa shape index (κ3) is 3.31. The van der Waals surface area contributed by atoms with Gasteiger partial charge in [-0.1, -0.05) is 6.92 Å². The SMILES string of the molecule is CCC(C)NC(=O)c1cc(S(N)(=O)=O)c(C)o1. The van der Waals surface area contributed by atoms with Crippen LogP contribution >= 0.6 is 0 Å². The van der Waals surface area contributed by atoms with E-state index in [2.05, 4.69) is 5.32 Å². The number of nitrogens with two attached hydrogens (primary N) is 1. The molecular weight excluding hydrogens is 244 g/mol. The highest BCUT2D eigenvalue weighted by atomic mass is 32.2. The molecule has 1 rings (SSSR count). The van der Waals surface area contributed by atoms with Gasteiger partial charge in [0.25, 0.3) is 5.91 Å². The normalized spacial score (nSPS) is 13.4. The van der Waals surface area contributed by atoms with E-state index in [4.69, 9.17) is 9.56 Å². The molecule has 1 aromatic heterocycles. The maximum Gasteiger partial charge on any atom is 0.287 e. The van der Waals surface area contributed by atoms with Gasteiger partial charge in [-0.15, -0.1) is 0 Å². The Balaban J connectivity index is 2.99. The van der Waals surface area contributed by atoms with E-state index in [1.807, 2.05) is 13.8 Å². The fraction of sp³-hybridized carbons (Fsp3) is 0.500. The average molecular weight is 260 g/mol. The number of hydrogen-bond acceptors (Lipinski definition) is 4. The number of aryl methyl sites for hydroxylation is 1. The first kappa shape index (κ1) is 13.7. The summed E-state index contributed by atoms with van der Waals surface area (Å²) in [6, 6.07) is 1.13. The average Bonchev–Trinajstić information content (AvgIpc) is 2.59. The van der Waals surface area contributed by atoms with Crippen molar-refractivity contribution < 1.29 is 17.6 Å². The van der Waals surface area contributed by atoms with Crippen LogP contribution in [0.1, 0.15) is 36.6 Å². The molecule has 0 aliphatic heterocycles. The lowest BCUT2D eigenvalue weighted by molar-refractivity contribution is 0.0910. The highest BCUT2D eigenvalue weighted by Gasteiger charge is 2.21. The number of sulfonamides is 1. The van der Waals surface area contributed by atoms with E-state index < -0.39 is 15.9 Å². The third-order valence-electron chi connectivity index (χ3n) is 2.39. The summed E-state index contributed by atoms with van der Waals surface area (Å²) in [6.45, 7) is 5.21. The number of amides is 1. The van der Waals surface area contributed by atoms with Crippen LogP contribution in [-0.4, -0.2) is 20.4 Å². The molecule has 3 N–H and O–H groups in total. The number of rotatable bonds is 4. The van der Waals surface area contributed by atoms with Crippen LogP contribution < -0.4 is 10.5 Å². The van der Waals surface area contributed by atoms with Crippen molar-refractivity contribution in [3.8, 4) is 0 Å². The van der Waals surface area contributed by atoms with Crippen LogP contribution in [0, 0.1) is 6.92 Å². The summed E-state index contributed by atoms with van der Waals surface area (Å²) < 4.78 is 27.4. The molecule has 0 aromatic carbocycles. The Morgan fingerprint density at radius 1 is 1.59 bits per heavy atom. The zero-order valence-electron chi connectivity index (χ0n) is 9.98. The number of hydrogen-bond donors (Lipinski definition) is 2. The molecule has 0 bridgehead atoms. The van der Waals surface area contributed by atoms with Gasteiger partial charge in [0.1, 0.15) is 10.7 Å². The Bertz CT molecular complexity index is 518. The number of carbonyl (C=O) groups is 1. The van der Waals surface area contributed by atoms with Gasteiger partial charge in [0.05, 0.1) is 0 Å². The Morgan fingerprint density at radius 2 is 2.18 bits per heavy atom. The molecule has 1 amide bonds. The van der Waals surface area contributed by atoms with E-state index in [0.717, 1.165) is 12.5 Å². The van der Waals surface area contributed by atoms with Crippen LogP contribution in [0.25, 0.3) is 0 Å². The number of furan rings is 1. The first-order chi connectivity index (χ1) is 7.75. The third-order valence-corrected chi connectivity index (χ3v) is 3.41. The fourth-order valence-corrected chi connectivity index (χ4v) is 1.97. The summed E-state index contributed by atoms with van der Waals surface area (Å²) >= 11 is 0. The van der Waals surface area contributed by atoms with Crippen molar-refractivity contribution in [1.82, 2.24) is 5.32 Å². The molecule has 1 unspecified atom stereocenters. The van der Waals surface area contributed by atoms with Crippen molar-refractivity contribution in [2.24, 2.45) is 5.14 Å². The minimum Gasteiger partial charge on any atom is -0.455 e. The van der Waals surface area contributed by atoms with Gasteiger partial charge in [-0.2, -0.15) is 0 Å². The van der Waals surface area contributed by atoms with E-state index >= 15 is 0 Å². The Labute approximate surface area is 100 Å². The predicted molar refractivity (Wildman–Crippen MR) is 62.0 cm³/mol. The molecular formula is C10H16N2O4S. The predicted octanol–water partition coefficient (Wildman–Crippen LogP) is 0.764. The molecule has 1 aromatic rings. The van der Waals surface area contributed by atoms with E-state index in [0.29, 0.717) is 0 Å². The van der Waals surface area contributed by atoms with Crippen LogP contribution in [-0.2, 0) is 10.0 Å². The van der Waals surface area contributed by atoms with Crippen LogP contribution in [0.15, 0.2) is 15.4 Å². The largest absolute Gasteiger partial charge is 0.455 e. The molecule has 7 heteroatoms. The topological polar surface area (TPSA) is 102 Å². The van der Waals surface area contributed by atoms with Crippen LogP contribution in [0.2, 0.25) is 0 Å². The summed E-state index contributed by atoms with van der Waals surface area (Å²) in [7, 11) is -3.85. The summed E-state index contributed by atoms with van der Waals surface area (Å²) in [5.41, 5.74) is 0. The van der Waals surface area contributed by atoms with Crippen LogP contribution in [0.3, 0.4) is 0 Å². The lowest BCUT2D eigenvalue weighted by Crippen LogP contribution is -2.31. The van der Waals surface area contributed by atoms with E-state index in [1.165, 1.54) is 6.92 Å². The highest BCUT2D eigenvalue weighted by Crippen LogP contribution is 2.18. The van der Waals surface area contributed by atoms with E-state index in [1.54, 1.807) is 0 Å². The van der Waals surface area contributed by atoms with Gasteiger partial charge in [0.2, 0.25) is 10.0 Å². The summed E-state index contributed by atoms with van der Waals surface area (Å²) in [5, 5.41) is 7.65. The fourth-order valence-electron chi connectivity index (χ4n) is 1.26. The number of nitrogens with one attached hydrogen (secondary N) is 1. The van der Waals surface area contributed by atoms with Gasteiger partial charge in [-0.25, -0.2) is 13.6 Å². The second-order valence-electron chi connectivity index (χ2n) is 3.86. The van der Waals surface area contributed by atoms with Crippen molar-refractivity contribution >= 4 is 15.9 Å². The van der Waals surface area contributed by atoms with Gasteiger partial charge in [-0.3, -0.25) is 4.79 Å². The minimum absolute atomic E-state index is 0.00848. The molecule has 0 saturated heterocycles. The van der Waals surface area contributed by atoms with Crippen LogP contribution in [0.4, 0.5) is 0 Å². The molecule has 0 fully saturated rings. The Kier molecular flexibility index (Phi) is 3.94. The van der Waals surface area contributed by atoms with Crippen LogP contribution in [0.5, 0.6) is 0 Å². The molecule has 0 aliphatic rings. The van der Waals surface area contributed by atoms with Crippen molar-refractivity contribution in [2.45, 2.75) is 38.1 Å². The number of primary sulfonamides is 1. The molecule has 1 atom stereocenters. The lowest BCUT2D eigenvalue weighted by Gasteiger charge is -2.08. The quantitative estimate of drug-likeness (QED) is 0.834. The maximum absolute atomic E-state index is 11.7. The first-order valence-corrected chi connectivity index (χ1v) is 6.74. The molecule has 0 saturated carbocycles. The summed E-state index contributed by atoms with van der Waals surface area (Å²) in [5.74, 6) is -0.383. The van der Waals surface area contributed by atoms with Gasteiger partial charge in [-0.05, 0) is 20.3 Å².